The highest BCUT2D eigenvalue weighted by Gasteiger charge is 2.16. The summed E-state index contributed by atoms with van der Waals surface area (Å²) in [6.45, 7) is 3.32. The van der Waals surface area contributed by atoms with Crippen molar-refractivity contribution in [2.45, 2.75) is 13.8 Å². The van der Waals surface area contributed by atoms with Crippen LogP contribution in [0.2, 0.25) is 0 Å². The van der Waals surface area contributed by atoms with Gasteiger partial charge in [-0.15, -0.1) is 11.3 Å². The highest BCUT2D eigenvalue weighted by molar-refractivity contribution is 7.17. The highest BCUT2D eigenvalue weighted by atomic mass is 32.1. The minimum atomic E-state index is -1.02. The van der Waals surface area contributed by atoms with Gasteiger partial charge in [0.25, 0.3) is 0 Å². The van der Waals surface area contributed by atoms with Gasteiger partial charge in [0.1, 0.15) is 15.7 Å². The van der Waals surface area contributed by atoms with Crippen LogP contribution in [0.15, 0.2) is 36.4 Å². The molecule has 1 N–H and O–H groups in total. The molecule has 1 aromatic heterocycles. The molecule has 0 unspecified atom stereocenters. The first-order chi connectivity index (χ1) is 11.9. The maximum absolute atomic E-state index is 13.8. The molecule has 0 aliphatic carbocycles. The Morgan fingerprint density at radius 3 is 2.52 bits per heavy atom. The fourth-order valence-corrected chi connectivity index (χ4v) is 3.40. The van der Waals surface area contributed by atoms with Crippen LogP contribution in [0.3, 0.4) is 0 Å². The zero-order valence-electron chi connectivity index (χ0n) is 13.5. The van der Waals surface area contributed by atoms with E-state index in [0.717, 1.165) is 11.3 Å². The van der Waals surface area contributed by atoms with Crippen molar-refractivity contribution in [2.24, 2.45) is 0 Å². The van der Waals surface area contributed by atoms with Gasteiger partial charge in [-0.3, -0.25) is 0 Å². The second kappa shape index (κ2) is 6.46. The van der Waals surface area contributed by atoms with E-state index < -0.39 is 5.97 Å². The SMILES string of the molecule is Cc1ccc(-c2ccc(-c3nc(C)c(C(=O)O)s3)cc2C#N)cc1F. The first kappa shape index (κ1) is 16.8. The van der Waals surface area contributed by atoms with Crippen LogP contribution in [0.4, 0.5) is 4.39 Å². The zero-order valence-corrected chi connectivity index (χ0v) is 14.3. The van der Waals surface area contributed by atoms with Crippen LogP contribution in [0.25, 0.3) is 21.7 Å². The average Bonchev–Trinajstić information content (AvgIpc) is 2.99. The third-order valence-corrected chi connectivity index (χ3v) is 5.06. The number of hydrogen-bond donors (Lipinski definition) is 1. The first-order valence-electron chi connectivity index (χ1n) is 7.42. The second-order valence-corrected chi connectivity index (χ2v) is 6.57. The summed E-state index contributed by atoms with van der Waals surface area (Å²) in [6, 6.07) is 12.1. The number of carboxylic acids is 1. The number of carboxylic acid groups (broad SMARTS) is 1. The molecule has 6 heteroatoms. The summed E-state index contributed by atoms with van der Waals surface area (Å²) >= 11 is 1.07. The smallest absolute Gasteiger partial charge is 0.347 e. The number of hydrogen-bond acceptors (Lipinski definition) is 4. The molecule has 3 rings (SSSR count). The Morgan fingerprint density at radius 1 is 1.20 bits per heavy atom. The molecule has 4 nitrogen and oxygen atoms in total. The molecule has 2 aromatic carbocycles. The second-order valence-electron chi connectivity index (χ2n) is 5.57. The molecule has 0 saturated carbocycles. The van der Waals surface area contributed by atoms with Gasteiger partial charge in [-0.2, -0.15) is 5.26 Å². The summed E-state index contributed by atoms with van der Waals surface area (Å²) in [5.74, 6) is -1.35. The molecule has 0 aliphatic heterocycles. The summed E-state index contributed by atoms with van der Waals surface area (Å²) in [5, 5.41) is 19.2. The maximum Gasteiger partial charge on any atom is 0.347 e. The van der Waals surface area contributed by atoms with Crippen molar-refractivity contribution in [3.05, 3.63) is 63.9 Å². The molecule has 0 fully saturated rings. The number of thiazole rings is 1. The van der Waals surface area contributed by atoms with Gasteiger partial charge in [0.2, 0.25) is 0 Å². The minimum absolute atomic E-state index is 0.179. The highest BCUT2D eigenvalue weighted by Crippen LogP contribution is 2.32. The summed E-state index contributed by atoms with van der Waals surface area (Å²) < 4.78 is 13.8. The summed E-state index contributed by atoms with van der Waals surface area (Å²) in [6.07, 6.45) is 0. The molecular formula is C19H13FN2O2S. The lowest BCUT2D eigenvalue weighted by molar-refractivity contribution is 0.0701. The van der Waals surface area contributed by atoms with Gasteiger partial charge in [0.15, 0.2) is 0 Å². The van der Waals surface area contributed by atoms with Crippen molar-refractivity contribution in [2.75, 3.05) is 0 Å². The molecule has 1 heterocycles. The molecule has 0 bridgehead atoms. The Balaban J connectivity index is 2.09. The summed E-state index contributed by atoms with van der Waals surface area (Å²) in [4.78, 5) is 15.6. The van der Waals surface area contributed by atoms with E-state index in [2.05, 4.69) is 11.1 Å². The lowest BCUT2D eigenvalue weighted by atomic mass is 9.97. The van der Waals surface area contributed by atoms with Gasteiger partial charge in [0.05, 0.1) is 17.3 Å². The molecule has 0 atom stereocenters. The number of benzene rings is 2. The van der Waals surface area contributed by atoms with Gasteiger partial charge in [-0.25, -0.2) is 14.2 Å². The number of aromatic nitrogens is 1. The number of carbonyl (C=O) groups is 1. The van der Waals surface area contributed by atoms with Crippen LogP contribution in [0, 0.1) is 31.0 Å². The predicted octanol–water partition coefficient (Wildman–Crippen LogP) is 4.80. The lowest BCUT2D eigenvalue weighted by Crippen LogP contribution is -1.94. The first-order valence-corrected chi connectivity index (χ1v) is 8.24. The van der Waals surface area contributed by atoms with Crippen molar-refractivity contribution in [1.82, 2.24) is 4.98 Å². The van der Waals surface area contributed by atoms with Gasteiger partial charge < -0.3 is 5.11 Å². The number of halogens is 1. The Labute approximate surface area is 147 Å². The topological polar surface area (TPSA) is 74.0 Å². The van der Waals surface area contributed by atoms with Crippen LogP contribution < -0.4 is 0 Å². The van der Waals surface area contributed by atoms with Crippen LogP contribution in [0.1, 0.15) is 26.5 Å². The van der Waals surface area contributed by atoms with E-state index in [-0.39, 0.29) is 10.7 Å². The third-order valence-electron chi connectivity index (χ3n) is 3.86. The predicted molar refractivity (Wildman–Crippen MR) is 94.1 cm³/mol. The molecule has 124 valence electrons. The fraction of sp³-hybridized carbons (Fsp3) is 0.105. The maximum atomic E-state index is 13.8. The quantitative estimate of drug-likeness (QED) is 0.734. The minimum Gasteiger partial charge on any atom is -0.477 e. The number of nitrogens with zero attached hydrogens (tertiary/aromatic N) is 2. The summed E-state index contributed by atoms with van der Waals surface area (Å²) in [5.41, 5.74) is 3.26. The Kier molecular flexibility index (Phi) is 4.34. The standard InChI is InChI=1S/C19H13FN2O2S/c1-10-3-4-12(8-16(10)20)15-6-5-13(7-14(15)9-21)18-22-11(2)17(25-18)19(23)24/h3-8H,1-2H3,(H,23,24). The molecular weight excluding hydrogens is 339 g/mol. The van der Waals surface area contributed by atoms with Crippen LogP contribution in [-0.2, 0) is 0 Å². The van der Waals surface area contributed by atoms with Crippen LogP contribution in [0.5, 0.6) is 0 Å². The van der Waals surface area contributed by atoms with Gasteiger partial charge >= 0.3 is 5.97 Å². The third kappa shape index (κ3) is 3.14. The van der Waals surface area contributed by atoms with Crippen molar-refractivity contribution in [3.63, 3.8) is 0 Å². The van der Waals surface area contributed by atoms with Crippen molar-refractivity contribution in [1.29, 1.82) is 5.26 Å². The molecule has 0 radical (unpaired) electrons. The molecule has 25 heavy (non-hydrogen) atoms. The van der Waals surface area contributed by atoms with E-state index in [0.29, 0.717) is 38.5 Å². The Morgan fingerprint density at radius 2 is 1.92 bits per heavy atom. The number of aryl methyl sites for hydroxylation is 2. The molecule has 3 aromatic rings. The number of nitriles is 1. The van der Waals surface area contributed by atoms with Gasteiger partial charge in [-0.05, 0) is 42.7 Å². The average molecular weight is 352 g/mol. The van der Waals surface area contributed by atoms with E-state index in [9.17, 15) is 14.4 Å². The molecule has 0 saturated heterocycles. The number of rotatable bonds is 3. The normalized spacial score (nSPS) is 10.5. The fourth-order valence-electron chi connectivity index (χ4n) is 2.50. The largest absolute Gasteiger partial charge is 0.477 e. The Bertz CT molecular complexity index is 1030. The molecule has 0 amide bonds. The van der Waals surface area contributed by atoms with Crippen LogP contribution in [-0.4, -0.2) is 16.1 Å². The van der Waals surface area contributed by atoms with E-state index >= 15 is 0 Å². The molecule has 0 spiro atoms. The van der Waals surface area contributed by atoms with Crippen molar-refractivity contribution >= 4 is 17.3 Å². The van der Waals surface area contributed by atoms with E-state index in [4.69, 9.17) is 5.11 Å². The van der Waals surface area contributed by atoms with E-state index in [1.807, 2.05) is 0 Å². The number of aromatic carboxylic acids is 1. The van der Waals surface area contributed by atoms with Crippen molar-refractivity contribution in [3.8, 4) is 27.8 Å². The van der Waals surface area contributed by atoms with Crippen molar-refractivity contribution < 1.29 is 14.3 Å². The monoisotopic (exact) mass is 352 g/mol. The van der Waals surface area contributed by atoms with Crippen LogP contribution >= 0.6 is 11.3 Å². The molecule has 0 aliphatic rings. The van der Waals surface area contributed by atoms with Gasteiger partial charge in [-0.1, -0.05) is 24.3 Å². The van der Waals surface area contributed by atoms with E-state index in [1.54, 1.807) is 44.2 Å². The lowest BCUT2D eigenvalue weighted by Gasteiger charge is -2.07. The van der Waals surface area contributed by atoms with E-state index in [1.165, 1.54) is 6.07 Å². The summed E-state index contributed by atoms with van der Waals surface area (Å²) in [7, 11) is 0. The van der Waals surface area contributed by atoms with Gasteiger partial charge in [0, 0.05) is 5.56 Å². The Hall–Kier alpha value is -3.04. The zero-order chi connectivity index (χ0) is 18.1.